The lowest BCUT2D eigenvalue weighted by atomic mass is 9.88. The van der Waals surface area contributed by atoms with Crippen molar-refractivity contribution in [2.45, 2.75) is 51.9 Å². The Morgan fingerprint density at radius 2 is 2.04 bits per heavy atom. The maximum Gasteiger partial charge on any atom is 0.147 e. The largest absolute Gasteiger partial charge is 0.396 e. The second-order valence-corrected chi connectivity index (χ2v) is 7.66. The zero-order valence-corrected chi connectivity index (χ0v) is 15.5. The average Bonchev–Trinajstić information content (AvgIpc) is 3.02. The van der Waals surface area contributed by atoms with Crippen molar-refractivity contribution in [2.24, 2.45) is 0 Å². The van der Waals surface area contributed by atoms with Crippen LogP contribution >= 0.6 is 11.3 Å². The average molecular weight is 356 g/mol. The maximum absolute atomic E-state index is 9.01. The fourth-order valence-corrected chi connectivity index (χ4v) is 4.94. The molecule has 2 N–H and O–H groups in total. The highest BCUT2D eigenvalue weighted by molar-refractivity contribution is 7.26. The standard InChI is InChI=1S/C19H24N4OS/c1-2-6-14-12-7-3-4-8-13(12)15-16-17(25-19(15)23-14)18(22-11-21-16)20-9-5-10-24/h11,24H,2-10H2,1H3,(H,20,21,22). The molecule has 0 aromatic carbocycles. The van der Waals surface area contributed by atoms with Crippen molar-refractivity contribution in [1.29, 1.82) is 0 Å². The summed E-state index contributed by atoms with van der Waals surface area (Å²) in [5.74, 6) is 0.864. The quantitative estimate of drug-likeness (QED) is 0.656. The summed E-state index contributed by atoms with van der Waals surface area (Å²) in [5.41, 5.74) is 5.29. The first kappa shape index (κ1) is 16.7. The van der Waals surface area contributed by atoms with E-state index >= 15 is 0 Å². The van der Waals surface area contributed by atoms with Gasteiger partial charge in [-0.2, -0.15) is 0 Å². The zero-order chi connectivity index (χ0) is 17.2. The predicted octanol–water partition coefficient (Wildman–Crippen LogP) is 3.87. The van der Waals surface area contributed by atoms with Crippen LogP contribution in [0.4, 0.5) is 5.82 Å². The van der Waals surface area contributed by atoms with Crippen LogP contribution < -0.4 is 5.32 Å². The van der Waals surface area contributed by atoms with Gasteiger partial charge in [0.05, 0.1) is 10.2 Å². The smallest absolute Gasteiger partial charge is 0.147 e. The summed E-state index contributed by atoms with van der Waals surface area (Å²) in [6, 6.07) is 0. The summed E-state index contributed by atoms with van der Waals surface area (Å²) in [5, 5.41) is 13.6. The van der Waals surface area contributed by atoms with Gasteiger partial charge in [-0.05, 0) is 49.7 Å². The molecule has 0 amide bonds. The van der Waals surface area contributed by atoms with E-state index in [0.717, 1.165) is 46.5 Å². The SMILES string of the molecule is CCCc1nc2sc3c(NCCCO)ncnc3c2c2c1CCCC2. The van der Waals surface area contributed by atoms with Crippen molar-refractivity contribution in [2.75, 3.05) is 18.5 Å². The highest BCUT2D eigenvalue weighted by Gasteiger charge is 2.22. The van der Waals surface area contributed by atoms with Crippen LogP contribution in [0.25, 0.3) is 20.4 Å². The third-order valence-corrected chi connectivity index (χ3v) is 6.00. The highest BCUT2D eigenvalue weighted by Crippen LogP contribution is 2.40. The monoisotopic (exact) mass is 356 g/mol. The Morgan fingerprint density at radius 1 is 1.20 bits per heavy atom. The summed E-state index contributed by atoms with van der Waals surface area (Å²) in [6.45, 7) is 3.12. The van der Waals surface area contributed by atoms with Gasteiger partial charge in [-0.3, -0.25) is 0 Å². The van der Waals surface area contributed by atoms with E-state index in [1.807, 2.05) is 0 Å². The second-order valence-electron chi connectivity index (χ2n) is 6.66. The number of nitrogens with zero attached hydrogens (tertiary/aromatic N) is 3. The Labute approximate surface area is 151 Å². The van der Waals surface area contributed by atoms with Crippen LogP contribution in [0, 0.1) is 0 Å². The van der Waals surface area contributed by atoms with E-state index in [9.17, 15) is 0 Å². The molecule has 3 aromatic rings. The normalized spacial score (nSPS) is 14.2. The Kier molecular flexibility index (Phi) is 4.81. The summed E-state index contributed by atoms with van der Waals surface area (Å²) in [7, 11) is 0. The maximum atomic E-state index is 9.01. The van der Waals surface area contributed by atoms with E-state index in [2.05, 4.69) is 22.2 Å². The van der Waals surface area contributed by atoms with Gasteiger partial charge in [0.15, 0.2) is 0 Å². The van der Waals surface area contributed by atoms with Crippen LogP contribution in [-0.4, -0.2) is 33.2 Å². The molecule has 132 valence electrons. The van der Waals surface area contributed by atoms with Crippen LogP contribution in [0.3, 0.4) is 0 Å². The molecular weight excluding hydrogens is 332 g/mol. The second kappa shape index (κ2) is 7.22. The number of aryl methyl sites for hydroxylation is 2. The fraction of sp³-hybridized carbons (Fsp3) is 0.526. The fourth-order valence-electron chi connectivity index (χ4n) is 3.79. The van der Waals surface area contributed by atoms with Gasteiger partial charge in [0.1, 0.15) is 17.0 Å². The molecule has 4 rings (SSSR count). The van der Waals surface area contributed by atoms with Gasteiger partial charge >= 0.3 is 0 Å². The molecule has 3 heterocycles. The molecule has 0 saturated heterocycles. The number of aliphatic hydroxyl groups is 1. The molecule has 5 nitrogen and oxygen atoms in total. The van der Waals surface area contributed by atoms with Crippen molar-refractivity contribution in [1.82, 2.24) is 15.0 Å². The van der Waals surface area contributed by atoms with Crippen molar-refractivity contribution in [3.8, 4) is 0 Å². The first-order chi connectivity index (χ1) is 12.3. The van der Waals surface area contributed by atoms with Crippen LogP contribution in [0.5, 0.6) is 0 Å². The molecule has 0 atom stereocenters. The molecule has 0 spiro atoms. The number of fused-ring (bicyclic) bond motifs is 5. The van der Waals surface area contributed by atoms with Crippen molar-refractivity contribution in [3.63, 3.8) is 0 Å². The lowest BCUT2D eigenvalue weighted by Gasteiger charge is -2.19. The molecule has 25 heavy (non-hydrogen) atoms. The third kappa shape index (κ3) is 2.98. The van der Waals surface area contributed by atoms with Gasteiger partial charge in [-0.15, -0.1) is 11.3 Å². The Bertz CT molecular complexity index is 905. The summed E-state index contributed by atoms with van der Waals surface area (Å²) >= 11 is 1.70. The minimum atomic E-state index is 0.184. The number of rotatable bonds is 6. The lowest BCUT2D eigenvalue weighted by molar-refractivity contribution is 0.292. The number of aromatic nitrogens is 3. The number of hydrogen-bond donors (Lipinski definition) is 2. The molecule has 0 aliphatic heterocycles. The van der Waals surface area contributed by atoms with Crippen LogP contribution in [0.15, 0.2) is 6.33 Å². The Hall–Kier alpha value is -1.79. The van der Waals surface area contributed by atoms with Crippen LogP contribution in [0.2, 0.25) is 0 Å². The lowest BCUT2D eigenvalue weighted by Crippen LogP contribution is -2.09. The molecule has 0 bridgehead atoms. The molecule has 3 aromatic heterocycles. The predicted molar refractivity (Wildman–Crippen MR) is 104 cm³/mol. The van der Waals surface area contributed by atoms with E-state index in [1.165, 1.54) is 35.0 Å². The van der Waals surface area contributed by atoms with E-state index in [0.29, 0.717) is 13.0 Å². The van der Waals surface area contributed by atoms with Crippen molar-refractivity contribution >= 4 is 37.6 Å². The number of hydrogen-bond acceptors (Lipinski definition) is 6. The van der Waals surface area contributed by atoms with Crippen molar-refractivity contribution < 1.29 is 5.11 Å². The Balaban J connectivity index is 1.91. The minimum Gasteiger partial charge on any atom is -0.396 e. The molecule has 0 unspecified atom stereocenters. The van der Waals surface area contributed by atoms with Crippen LogP contribution in [0.1, 0.15) is 49.4 Å². The topological polar surface area (TPSA) is 70.9 Å². The van der Waals surface area contributed by atoms with Crippen molar-refractivity contribution in [3.05, 3.63) is 23.1 Å². The molecule has 6 heteroatoms. The van der Waals surface area contributed by atoms with E-state index in [1.54, 1.807) is 17.7 Å². The number of thiophene rings is 1. The number of nitrogens with one attached hydrogen (secondary N) is 1. The number of aliphatic hydroxyl groups excluding tert-OH is 1. The summed E-state index contributed by atoms with van der Waals surface area (Å²) in [6.07, 6.45) is 9.34. The highest BCUT2D eigenvalue weighted by atomic mass is 32.1. The molecular formula is C19H24N4OS. The van der Waals surface area contributed by atoms with E-state index in [4.69, 9.17) is 10.1 Å². The Morgan fingerprint density at radius 3 is 2.84 bits per heavy atom. The zero-order valence-electron chi connectivity index (χ0n) is 14.6. The first-order valence-corrected chi connectivity index (χ1v) is 10.1. The summed E-state index contributed by atoms with van der Waals surface area (Å²) < 4.78 is 1.09. The molecule has 0 fully saturated rings. The third-order valence-electron chi connectivity index (χ3n) is 4.92. The van der Waals surface area contributed by atoms with Gasteiger partial charge in [0.2, 0.25) is 0 Å². The first-order valence-electron chi connectivity index (χ1n) is 9.26. The van der Waals surface area contributed by atoms with E-state index in [-0.39, 0.29) is 6.61 Å². The number of anilines is 1. The van der Waals surface area contributed by atoms with Gasteiger partial charge in [-0.1, -0.05) is 13.3 Å². The molecule has 0 saturated carbocycles. The molecule has 1 aliphatic carbocycles. The number of pyridine rings is 1. The van der Waals surface area contributed by atoms with Gasteiger partial charge < -0.3 is 10.4 Å². The minimum absolute atomic E-state index is 0.184. The van der Waals surface area contributed by atoms with Gasteiger partial charge in [0, 0.05) is 24.2 Å². The summed E-state index contributed by atoms with van der Waals surface area (Å²) in [4.78, 5) is 15.2. The van der Waals surface area contributed by atoms with Gasteiger partial charge in [0.25, 0.3) is 0 Å². The van der Waals surface area contributed by atoms with Gasteiger partial charge in [-0.25, -0.2) is 15.0 Å². The molecule has 0 radical (unpaired) electrons. The molecule has 1 aliphatic rings. The van der Waals surface area contributed by atoms with E-state index < -0.39 is 0 Å². The van der Waals surface area contributed by atoms with Crippen LogP contribution in [-0.2, 0) is 19.3 Å².